The molecule has 88 valence electrons. The lowest BCUT2D eigenvalue weighted by molar-refractivity contribution is -0.127. The average molecular weight is 223 g/mol. The zero-order valence-corrected chi connectivity index (χ0v) is 10.4. The van der Waals surface area contributed by atoms with Crippen LogP contribution in [0.15, 0.2) is 0 Å². The molecule has 0 aliphatic heterocycles. The Morgan fingerprint density at radius 1 is 1.38 bits per heavy atom. The van der Waals surface area contributed by atoms with Crippen LogP contribution in [0.5, 0.6) is 0 Å². The van der Waals surface area contributed by atoms with Crippen molar-refractivity contribution in [1.82, 2.24) is 14.5 Å². The lowest BCUT2D eigenvalue weighted by atomic mass is 10.3. The van der Waals surface area contributed by atoms with Crippen LogP contribution in [0.3, 0.4) is 0 Å². The first-order valence-electron chi connectivity index (χ1n) is 5.20. The molecule has 5 nitrogen and oxygen atoms in total. The Labute approximate surface area is 95.1 Å². The molecule has 0 saturated heterocycles. The van der Waals surface area contributed by atoms with Crippen molar-refractivity contribution >= 4 is 11.8 Å². The van der Waals surface area contributed by atoms with Crippen molar-refractivity contribution in [2.75, 3.05) is 7.05 Å². The van der Waals surface area contributed by atoms with Gasteiger partial charge in [0.25, 0.3) is 5.91 Å². The molecule has 0 bridgehead atoms. The van der Waals surface area contributed by atoms with Gasteiger partial charge in [0.1, 0.15) is 11.5 Å². The number of carbonyl (C=O) groups is 2. The number of hydrogen-bond donors (Lipinski definition) is 0. The molecule has 0 N–H and O–H groups in total. The summed E-state index contributed by atoms with van der Waals surface area (Å²) in [6.45, 7) is 5.32. The summed E-state index contributed by atoms with van der Waals surface area (Å²) in [5.41, 5.74) is 1.13. The highest BCUT2D eigenvalue weighted by atomic mass is 16.2. The summed E-state index contributed by atoms with van der Waals surface area (Å²) >= 11 is 0. The van der Waals surface area contributed by atoms with Gasteiger partial charge < -0.3 is 4.57 Å². The smallest absolute Gasteiger partial charge is 0.278 e. The summed E-state index contributed by atoms with van der Waals surface area (Å²) in [6.07, 6.45) is 0.318. The molecule has 0 unspecified atom stereocenters. The van der Waals surface area contributed by atoms with Gasteiger partial charge in [-0.05, 0) is 13.8 Å². The van der Waals surface area contributed by atoms with Crippen LogP contribution in [0.4, 0.5) is 0 Å². The van der Waals surface area contributed by atoms with Gasteiger partial charge in [-0.3, -0.25) is 14.5 Å². The van der Waals surface area contributed by atoms with E-state index in [4.69, 9.17) is 0 Å². The second-order valence-electron chi connectivity index (χ2n) is 3.76. The maximum absolute atomic E-state index is 12.0. The third kappa shape index (κ3) is 1.98. The molecule has 1 aromatic rings. The van der Waals surface area contributed by atoms with Gasteiger partial charge in [0.2, 0.25) is 5.91 Å². The predicted octanol–water partition coefficient (Wildman–Crippen LogP) is 1.05. The van der Waals surface area contributed by atoms with Crippen LogP contribution >= 0.6 is 0 Å². The van der Waals surface area contributed by atoms with Crippen LogP contribution in [-0.2, 0) is 11.8 Å². The number of aromatic nitrogens is 2. The highest BCUT2D eigenvalue weighted by Gasteiger charge is 2.23. The normalized spacial score (nSPS) is 10.3. The van der Waals surface area contributed by atoms with E-state index in [2.05, 4.69) is 4.98 Å². The van der Waals surface area contributed by atoms with Gasteiger partial charge >= 0.3 is 0 Å². The molecule has 16 heavy (non-hydrogen) atoms. The number of rotatable bonds is 2. The topological polar surface area (TPSA) is 55.2 Å². The number of nitrogens with zero attached hydrogens (tertiary/aromatic N) is 3. The van der Waals surface area contributed by atoms with Crippen LogP contribution in [0.1, 0.15) is 35.4 Å². The van der Waals surface area contributed by atoms with Gasteiger partial charge in [-0.15, -0.1) is 0 Å². The number of carbonyl (C=O) groups excluding carboxylic acids is 2. The molecule has 2 amide bonds. The zero-order chi connectivity index (χ0) is 12.5. The standard InChI is InChI=1S/C11H17N3O2/c1-6-9(15)14(5)11(16)10-7(2)12-8(3)13(10)4/h6H2,1-5H3. The van der Waals surface area contributed by atoms with E-state index in [1.165, 1.54) is 7.05 Å². The lowest BCUT2D eigenvalue weighted by Crippen LogP contribution is -2.34. The van der Waals surface area contributed by atoms with E-state index in [1.807, 2.05) is 6.92 Å². The van der Waals surface area contributed by atoms with Crippen molar-refractivity contribution in [3.63, 3.8) is 0 Å². The van der Waals surface area contributed by atoms with Crippen molar-refractivity contribution in [3.05, 3.63) is 17.2 Å². The number of imide groups is 1. The number of hydrogen-bond acceptors (Lipinski definition) is 3. The third-order valence-corrected chi connectivity index (χ3v) is 2.68. The SMILES string of the molecule is CCC(=O)N(C)C(=O)c1c(C)nc(C)n1C. The summed E-state index contributed by atoms with van der Waals surface area (Å²) in [5.74, 6) is 0.272. The Balaban J connectivity index is 3.10. The fourth-order valence-corrected chi connectivity index (χ4v) is 1.58. The second-order valence-corrected chi connectivity index (χ2v) is 3.76. The minimum atomic E-state index is -0.299. The maximum atomic E-state index is 12.0. The third-order valence-electron chi connectivity index (χ3n) is 2.68. The van der Waals surface area contributed by atoms with Gasteiger partial charge in [0.15, 0.2) is 0 Å². The molecule has 0 spiro atoms. The fraction of sp³-hybridized carbons (Fsp3) is 0.545. The Kier molecular flexibility index (Phi) is 3.47. The van der Waals surface area contributed by atoms with E-state index in [0.29, 0.717) is 17.8 Å². The first kappa shape index (κ1) is 12.4. The van der Waals surface area contributed by atoms with Gasteiger partial charge in [-0.2, -0.15) is 0 Å². The Morgan fingerprint density at radius 2 is 1.94 bits per heavy atom. The van der Waals surface area contributed by atoms with Gasteiger partial charge in [0.05, 0.1) is 5.69 Å². The van der Waals surface area contributed by atoms with E-state index in [1.54, 1.807) is 25.5 Å². The molecule has 0 fully saturated rings. The number of imidazole rings is 1. The van der Waals surface area contributed by atoms with Crippen molar-refractivity contribution in [2.45, 2.75) is 27.2 Å². The van der Waals surface area contributed by atoms with Crippen molar-refractivity contribution in [3.8, 4) is 0 Å². The fourth-order valence-electron chi connectivity index (χ4n) is 1.58. The summed E-state index contributed by atoms with van der Waals surface area (Å²) < 4.78 is 1.71. The van der Waals surface area contributed by atoms with Crippen LogP contribution in [0, 0.1) is 13.8 Å². The molecule has 0 aliphatic rings. The molecule has 1 heterocycles. The predicted molar refractivity (Wildman–Crippen MR) is 60.1 cm³/mol. The van der Waals surface area contributed by atoms with E-state index in [9.17, 15) is 9.59 Å². The minimum Gasteiger partial charge on any atom is -0.327 e. The summed E-state index contributed by atoms with van der Waals surface area (Å²) in [6, 6.07) is 0. The number of aryl methyl sites for hydroxylation is 2. The summed E-state index contributed by atoms with van der Waals surface area (Å²) in [7, 11) is 3.27. The Bertz CT molecular complexity index is 435. The van der Waals surface area contributed by atoms with E-state index in [0.717, 1.165) is 10.7 Å². The molecule has 1 rings (SSSR count). The molecule has 1 aromatic heterocycles. The van der Waals surface area contributed by atoms with Gasteiger partial charge in [-0.25, -0.2) is 4.98 Å². The van der Waals surface area contributed by atoms with Crippen molar-refractivity contribution in [2.24, 2.45) is 7.05 Å². The van der Waals surface area contributed by atoms with Crippen LogP contribution in [0.2, 0.25) is 0 Å². The van der Waals surface area contributed by atoms with Crippen LogP contribution in [0.25, 0.3) is 0 Å². The van der Waals surface area contributed by atoms with E-state index in [-0.39, 0.29) is 11.8 Å². The quantitative estimate of drug-likeness (QED) is 0.753. The van der Waals surface area contributed by atoms with Crippen molar-refractivity contribution < 1.29 is 9.59 Å². The van der Waals surface area contributed by atoms with Crippen LogP contribution < -0.4 is 0 Å². The molecule has 0 aromatic carbocycles. The van der Waals surface area contributed by atoms with Crippen molar-refractivity contribution in [1.29, 1.82) is 0 Å². The minimum absolute atomic E-state index is 0.191. The lowest BCUT2D eigenvalue weighted by Gasteiger charge is -2.15. The Morgan fingerprint density at radius 3 is 2.31 bits per heavy atom. The molecule has 0 atom stereocenters. The van der Waals surface area contributed by atoms with E-state index >= 15 is 0 Å². The first-order valence-corrected chi connectivity index (χ1v) is 5.20. The number of amides is 2. The highest BCUT2D eigenvalue weighted by Crippen LogP contribution is 2.11. The van der Waals surface area contributed by atoms with Gasteiger partial charge in [-0.1, -0.05) is 6.92 Å². The molecular formula is C11H17N3O2. The molecule has 0 radical (unpaired) electrons. The largest absolute Gasteiger partial charge is 0.327 e. The summed E-state index contributed by atoms with van der Waals surface area (Å²) in [4.78, 5) is 28.8. The second kappa shape index (κ2) is 4.47. The zero-order valence-electron chi connectivity index (χ0n) is 10.4. The molecule has 5 heteroatoms. The molecule has 0 aliphatic carbocycles. The Hall–Kier alpha value is -1.65. The molecule has 0 saturated carbocycles. The maximum Gasteiger partial charge on any atom is 0.278 e. The van der Waals surface area contributed by atoms with Gasteiger partial charge in [0, 0.05) is 20.5 Å². The summed E-state index contributed by atoms with van der Waals surface area (Å²) in [5, 5.41) is 0. The van der Waals surface area contributed by atoms with Crippen LogP contribution in [-0.4, -0.2) is 33.3 Å². The highest BCUT2D eigenvalue weighted by molar-refractivity contribution is 6.04. The average Bonchev–Trinajstić information content (AvgIpc) is 2.50. The molecular weight excluding hydrogens is 206 g/mol. The monoisotopic (exact) mass is 223 g/mol. The first-order chi connectivity index (χ1) is 7.40. The van der Waals surface area contributed by atoms with E-state index < -0.39 is 0 Å².